The summed E-state index contributed by atoms with van der Waals surface area (Å²) in [5.41, 5.74) is 0. The van der Waals surface area contributed by atoms with E-state index in [9.17, 15) is 9.59 Å². The quantitative estimate of drug-likeness (QED) is 0.655. The number of carboxylic acid groups (broad SMARTS) is 1. The lowest BCUT2D eigenvalue weighted by Crippen LogP contribution is -2.25. The van der Waals surface area contributed by atoms with Gasteiger partial charge in [-0.15, -0.1) is 0 Å². The molecule has 18 heavy (non-hydrogen) atoms. The van der Waals surface area contributed by atoms with Crippen LogP contribution in [-0.2, 0) is 9.59 Å². The molecule has 0 aromatic carbocycles. The number of hydrogen-bond donors (Lipinski definition) is 2. The molecule has 0 atom stereocenters. The van der Waals surface area contributed by atoms with E-state index in [-0.39, 0.29) is 12.3 Å². The highest BCUT2D eigenvalue weighted by Gasteiger charge is 2.14. The molecule has 104 valence electrons. The van der Waals surface area contributed by atoms with E-state index in [1.54, 1.807) is 0 Å². The second kappa shape index (κ2) is 8.95. The van der Waals surface area contributed by atoms with Crippen LogP contribution in [0.1, 0.15) is 64.2 Å². The molecule has 0 aliphatic heterocycles. The van der Waals surface area contributed by atoms with Gasteiger partial charge < -0.3 is 10.4 Å². The molecule has 0 heterocycles. The van der Waals surface area contributed by atoms with Crippen molar-refractivity contribution in [3.05, 3.63) is 0 Å². The summed E-state index contributed by atoms with van der Waals surface area (Å²) >= 11 is 0. The molecular weight excluding hydrogens is 230 g/mol. The Bertz CT molecular complexity index is 260. The Balaban J connectivity index is 1.94. The number of nitrogens with one attached hydrogen (secondary N) is 1. The van der Waals surface area contributed by atoms with Crippen LogP contribution in [0, 0.1) is 5.92 Å². The molecule has 1 rings (SSSR count). The van der Waals surface area contributed by atoms with Crippen molar-refractivity contribution in [3.63, 3.8) is 0 Å². The lowest BCUT2D eigenvalue weighted by Gasteiger charge is -2.20. The number of aliphatic carboxylic acids is 1. The Morgan fingerprint density at radius 3 is 2.44 bits per heavy atom. The number of amides is 1. The summed E-state index contributed by atoms with van der Waals surface area (Å²) in [6.07, 6.45) is 9.79. The zero-order chi connectivity index (χ0) is 13.2. The maximum atomic E-state index is 11.6. The summed E-state index contributed by atoms with van der Waals surface area (Å²) in [6.45, 7) is 0.608. The molecular formula is C14H25NO3. The van der Waals surface area contributed by atoms with Crippen molar-refractivity contribution in [2.75, 3.05) is 6.54 Å². The van der Waals surface area contributed by atoms with Gasteiger partial charge in [0, 0.05) is 19.4 Å². The fourth-order valence-electron chi connectivity index (χ4n) is 2.53. The van der Waals surface area contributed by atoms with Crippen molar-refractivity contribution in [3.8, 4) is 0 Å². The van der Waals surface area contributed by atoms with E-state index < -0.39 is 5.97 Å². The lowest BCUT2D eigenvalue weighted by molar-refractivity contribution is -0.137. The van der Waals surface area contributed by atoms with Crippen LogP contribution in [-0.4, -0.2) is 23.5 Å². The van der Waals surface area contributed by atoms with E-state index in [4.69, 9.17) is 5.11 Å². The molecule has 4 nitrogen and oxygen atoms in total. The van der Waals surface area contributed by atoms with Gasteiger partial charge in [0.25, 0.3) is 0 Å². The van der Waals surface area contributed by atoms with Gasteiger partial charge in [0.1, 0.15) is 0 Å². The molecule has 1 fully saturated rings. The van der Waals surface area contributed by atoms with Gasteiger partial charge in [-0.05, 0) is 25.2 Å². The van der Waals surface area contributed by atoms with Gasteiger partial charge in [-0.3, -0.25) is 9.59 Å². The van der Waals surface area contributed by atoms with Crippen LogP contribution >= 0.6 is 0 Å². The van der Waals surface area contributed by atoms with Gasteiger partial charge in [0.2, 0.25) is 5.91 Å². The fraction of sp³-hybridized carbons (Fsp3) is 0.857. The largest absolute Gasteiger partial charge is 0.481 e. The molecule has 0 aromatic heterocycles. The highest BCUT2D eigenvalue weighted by molar-refractivity contribution is 5.75. The van der Waals surface area contributed by atoms with E-state index >= 15 is 0 Å². The minimum atomic E-state index is -0.765. The predicted molar refractivity (Wildman–Crippen MR) is 70.3 cm³/mol. The first-order valence-corrected chi connectivity index (χ1v) is 7.17. The van der Waals surface area contributed by atoms with E-state index in [0.717, 1.165) is 18.8 Å². The highest BCUT2D eigenvalue weighted by Crippen LogP contribution is 2.27. The highest BCUT2D eigenvalue weighted by atomic mass is 16.4. The van der Waals surface area contributed by atoms with Gasteiger partial charge in [0.15, 0.2) is 0 Å². The van der Waals surface area contributed by atoms with Crippen molar-refractivity contribution in [2.24, 2.45) is 5.92 Å². The normalized spacial score (nSPS) is 16.4. The molecule has 0 saturated heterocycles. The molecule has 1 saturated carbocycles. The predicted octanol–water partition coefficient (Wildman–Crippen LogP) is 2.72. The summed E-state index contributed by atoms with van der Waals surface area (Å²) in [6, 6.07) is 0. The summed E-state index contributed by atoms with van der Waals surface area (Å²) in [4.78, 5) is 21.8. The third-order valence-electron chi connectivity index (χ3n) is 3.64. The van der Waals surface area contributed by atoms with Gasteiger partial charge in [-0.1, -0.05) is 32.1 Å². The molecule has 4 heteroatoms. The number of hydrogen-bond acceptors (Lipinski definition) is 2. The van der Waals surface area contributed by atoms with E-state index in [1.807, 2.05) is 0 Å². The average Bonchev–Trinajstić information content (AvgIpc) is 2.37. The van der Waals surface area contributed by atoms with E-state index in [0.29, 0.717) is 19.4 Å². The van der Waals surface area contributed by atoms with Crippen LogP contribution in [0.4, 0.5) is 0 Å². The Morgan fingerprint density at radius 1 is 1.06 bits per heavy atom. The molecule has 0 radical (unpaired) electrons. The minimum Gasteiger partial charge on any atom is -0.481 e. The third-order valence-corrected chi connectivity index (χ3v) is 3.64. The Morgan fingerprint density at radius 2 is 1.78 bits per heavy atom. The molecule has 0 spiro atoms. The maximum Gasteiger partial charge on any atom is 0.303 e. The van der Waals surface area contributed by atoms with Gasteiger partial charge in [-0.25, -0.2) is 0 Å². The molecule has 1 amide bonds. The van der Waals surface area contributed by atoms with Gasteiger partial charge in [-0.2, -0.15) is 0 Å². The van der Waals surface area contributed by atoms with Crippen LogP contribution in [0.25, 0.3) is 0 Å². The zero-order valence-electron chi connectivity index (χ0n) is 11.1. The number of unbranched alkanes of at least 4 members (excludes halogenated alkanes) is 1. The van der Waals surface area contributed by atoms with Crippen LogP contribution in [0.5, 0.6) is 0 Å². The second-order valence-corrected chi connectivity index (χ2v) is 5.24. The van der Waals surface area contributed by atoms with Crippen LogP contribution in [0.2, 0.25) is 0 Å². The van der Waals surface area contributed by atoms with Crippen molar-refractivity contribution >= 4 is 11.9 Å². The SMILES string of the molecule is O=C(O)CCCCNC(=O)CCC1CCCCC1. The monoisotopic (exact) mass is 255 g/mol. The minimum absolute atomic E-state index is 0.121. The van der Waals surface area contributed by atoms with Gasteiger partial charge in [0.05, 0.1) is 0 Å². The molecule has 2 N–H and O–H groups in total. The maximum absolute atomic E-state index is 11.6. The Kier molecular flexibility index (Phi) is 7.46. The Hall–Kier alpha value is -1.06. The first-order valence-electron chi connectivity index (χ1n) is 7.17. The number of carbonyl (C=O) groups excluding carboxylic acids is 1. The zero-order valence-corrected chi connectivity index (χ0v) is 11.1. The smallest absolute Gasteiger partial charge is 0.303 e. The van der Waals surface area contributed by atoms with Crippen molar-refractivity contribution in [1.29, 1.82) is 0 Å². The van der Waals surface area contributed by atoms with Crippen molar-refractivity contribution in [2.45, 2.75) is 64.2 Å². The van der Waals surface area contributed by atoms with Crippen LogP contribution < -0.4 is 5.32 Å². The van der Waals surface area contributed by atoms with Crippen LogP contribution in [0.3, 0.4) is 0 Å². The van der Waals surface area contributed by atoms with Crippen molar-refractivity contribution in [1.82, 2.24) is 5.32 Å². The molecule has 0 unspecified atom stereocenters. The molecule has 1 aliphatic rings. The lowest BCUT2D eigenvalue weighted by atomic mass is 9.86. The van der Waals surface area contributed by atoms with E-state index in [1.165, 1.54) is 32.1 Å². The third kappa shape index (κ3) is 7.30. The molecule has 0 bridgehead atoms. The summed E-state index contributed by atoms with van der Waals surface area (Å²) in [5, 5.41) is 11.3. The molecule has 1 aliphatic carbocycles. The summed E-state index contributed by atoms with van der Waals surface area (Å²) in [7, 11) is 0. The standard InChI is InChI=1S/C14H25NO3/c16-13(15-11-5-4-8-14(17)18)10-9-12-6-2-1-3-7-12/h12H,1-11H2,(H,15,16)(H,17,18). The van der Waals surface area contributed by atoms with Crippen LogP contribution in [0.15, 0.2) is 0 Å². The number of carboxylic acids is 1. The summed E-state index contributed by atoms with van der Waals surface area (Å²) < 4.78 is 0. The topological polar surface area (TPSA) is 66.4 Å². The van der Waals surface area contributed by atoms with E-state index in [2.05, 4.69) is 5.32 Å². The molecule has 0 aromatic rings. The average molecular weight is 255 g/mol. The second-order valence-electron chi connectivity index (χ2n) is 5.24. The van der Waals surface area contributed by atoms with Gasteiger partial charge >= 0.3 is 5.97 Å². The first kappa shape index (κ1) is 15.0. The first-order chi connectivity index (χ1) is 8.68. The Labute approximate surface area is 109 Å². The fourth-order valence-corrected chi connectivity index (χ4v) is 2.53. The number of carbonyl (C=O) groups is 2. The summed E-state index contributed by atoms with van der Waals surface area (Å²) in [5.74, 6) is 0.103. The van der Waals surface area contributed by atoms with Crippen molar-refractivity contribution < 1.29 is 14.7 Å². The number of rotatable bonds is 8.